The number of para-hydroxylation sites is 2. The third-order valence-corrected chi connectivity index (χ3v) is 4.77. The second-order valence-electron chi connectivity index (χ2n) is 6.46. The van der Waals surface area contributed by atoms with Crippen molar-refractivity contribution in [2.45, 2.75) is 6.10 Å². The van der Waals surface area contributed by atoms with Crippen LogP contribution in [-0.4, -0.2) is 60.5 Å². The average Bonchev–Trinajstić information content (AvgIpc) is 2.73. The Morgan fingerprint density at radius 3 is 2.26 bits per heavy atom. The topological polar surface area (TPSA) is 59.1 Å². The number of ether oxygens (including phenoxy) is 2. The Morgan fingerprint density at radius 1 is 0.889 bits per heavy atom. The van der Waals surface area contributed by atoms with Crippen LogP contribution in [0.2, 0.25) is 0 Å². The van der Waals surface area contributed by atoms with Gasteiger partial charge in [-0.05, 0) is 24.3 Å². The molecule has 0 aliphatic carbocycles. The number of hydrogen-bond acceptors (Lipinski definition) is 4. The highest BCUT2D eigenvalue weighted by molar-refractivity contribution is 5.94. The number of carbonyl (C=O) groups is 2. The van der Waals surface area contributed by atoms with Gasteiger partial charge in [-0.25, -0.2) is 4.39 Å². The molecule has 1 saturated heterocycles. The van der Waals surface area contributed by atoms with Crippen LogP contribution in [0.1, 0.15) is 10.4 Å². The Bertz CT molecular complexity index is 865. The summed E-state index contributed by atoms with van der Waals surface area (Å²) in [5, 5.41) is 0. The first-order valence-electron chi connectivity index (χ1n) is 8.84. The fourth-order valence-corrected chi connectivity index (χ4v) is 3.28. The molecule has 7 heteroatoms. The molecule has 1 unspecified atom stereocenters. The molecule has 2 aliphatic heterocycles. The molecule has 0 saturated carbocycles. The van der Waals surface area contributed by atoms with Gasteiger partial charge in [0.25, 0.3) is 11.8 Å². The molecule has 2 aromatic rings. The van der Waals surface area contributed by atoms with Crippen molar-refractivity contribution in [3.8, 4) is 11.5 Å². The lowest BCUT2D eigenvalue weighted by Gasteiger charge is -2.37. The second kappa shape index (κ2) is 7.26. The highest BCUT2D eigenvalue weighted by Crippen LogP contribution is 2.31. The van der Waals surface area contributed by atoms with Gasteiger partial charge in [-0.1, -0.05) is 24.3 Å². The first-order valence-corrected chi connectivity index (χ1v) is 8.84. The van der Waals surface area contributed by atoms with Gasteiger partial charge in [-0.3, -0.25) is 9.59 Å². The SMILES string of the molecule is O=C(c1ccccc1F)N1CCN(C(=O)C2COc3ccccc3O2)CC1. The molecule has 2 aliphatic rings. The van der Waals surface area contributed by atoms with Crippen molar-refractivity contribution in [3.05, 3.63) is 59.9 Å². The van der Waals surface area contributed by atoms with Crippen molar-refractivity contribution >= 4 is 11.8 Å². The molecule has 2 amide bonds. The van der Waals surface area contributed by atoms with Gasteiger partial charge in [-0.15, -0.1) is 0 Å². The summed E-state index contributed by atoms with van der Waals surface area (Å²) in [6.07, 6.45) is -0.700. The van der Waals surface area contributed by atoms with Crippen LogP contribution in [0.3, 0.4) is 0 Å². The van der Waals surface area contributed by atoms with Crippen molar-refractivity contribution in [1.29, 1.82) is 0 Å². The summed E-state index contributed by atoms with van der Waals surface area (Å²) in [7, 11) is 0. The fourth-order valence-electron chi connectivity index (χ4n) is 3.28. The third kappa shape index (κ3) is 3.45. The molecular weight excluding hydrogens is 351 g/mol. The highest BCUT2D eigenvalue weighted by Gasteiger charge is 2.33. The minimum absolute atomic E-state index is 0.0536. The lowest BCUT2D eigenvalue weighted by molar-refractivity contribution is -0.142. The summed E-state index contributed by atoms with van der Waals surface area (Å²) in [4.78, 5) is 28.4. The van der Waals surface area contributed by atoms with E-state index in [9.17, 15) is 14.0 Å². The standard InChI is InChI=1S/C20H19FN2O4/c21-15-6-2-1-5-14(15)19(24)22-9-11-23(12-10-22)20(25)18-13-26-16-7-3-4-8-17(16)27-18/h1-8,18H,9-13H2. The van der Waals surface area contributed by atoms with E-state index in [0.717, 1.165) is 0 Å². The molecule has 6 nitrogen and oxygen atoms in total. The van der Waals surface area contributed by atoms with E-state index >= 15 is 0 Å². The fraction of sp³-hybridized carbons (Fsp3) is 0.300. The van der Waals surface area contributed by atoms with E-state index in [1.807, 2.05) is 12.1 Å². The zero-order valence-corrected chi connectivity index (χ0v) is 14.6. The lowest BCUT2D eigenvalue weighted by atomic mass is 10.1. The monoisotopic (exact) mass is 370 g/mol. The van der Waals surface area contributed by atoms with Gasteiger partial charge < -0.3 is 19.3 Å². The van der Waals surface area contributed by atoms with Crippen molar-refractivity contribution < 1.29 is 23.5 Å². The van der Waals surface area contributed by atoms with Crippen LogP contribution in [-0.2, 0) is 4.79 Å². The summed E-state index contributed by atoms with van der Waals surface area (Å²) < 4.78 is 25.2. The Hall–Kier alpha value is -3.09. The number of rotatable bonds is 2. The molecule has 1 fully saturated rings. The molecule has 2 heterocycles. The van der Waals surface area contributed by atoms with Gasteiger partial charge in [-0.2, -0.15) is 0 Å². The zero-order valence-electron chi connectivity index (χ0n) is 14.6. The Balaban J connectivity index is 1.36. The van der Waals surface area contributed by atoms with Crippen LogP contribution in [0, 0.1) is 5.82 Å². The zero-order chi connectivity index (χ0) is 18.8. The minimum Gasteiger partial charge on any atom is -0.485 e. The van der Waals surface area contributed by atoms with Crippen LogP contribution < -0.4 is 9.47 Å². The molecule has 4 rings (SSSR count). The summed E-state index contributed by atoms with van der Waals surface area (Å²) >= 11 is 0. The summed E-state index contributed by atoms with van der Waals surface area (Å²) in [5.74, 6) is 0.124. The largest absolute Gasteiger partial charge is 0.485 e. The van der Waals surface area contributed by atoms with Crippen LogP contribution in [0.5, 0.6) is 11.5 Å². The Kier molecular flexibility index (Phi) is 4.66. The summed E-state index contributed by atoms with van der Waals surface area (Å²) in [6, 6.07) is 13.1. The van der Waals surface area contributed by atoms with Gasteiger partial charge in [0, 0.05) is 26.2 Å². The quantitative estimate of drug-likeness (QED) is 0.811. The number of hydrogen-bond donors (Lipinski definition) is 0. The summed E-state index contributed by atoms with van der Waals surface area (Å²) in [6.45, 7) is 1.61. The molecule has 140 valence electrons. The maximum atomic E-state index is 13.8. The molecule has 0 bridgehead atoms. The molecule has 0 aromatic heterocycles. The number of halogens is 1. The average molecular weight is 370 g/mol. The van der Waals surface area contributed by atoms with E-state index in [0.29, 0.717) is 37.7 Å². The Morgan fingerprint density at radius 2 is 1.52 bits per heavy atom. The van der Waals surface area contributed by atoms with E-state index in [1.165, 1.54) is 12.1 Å². The van der Waals surface area contributed by atoms with Crippen LogP contribution >= 0.6 is 0 Å². The first kappa shape index (κ1) is 17.3. The van der Waals surface area contributed by atoms with Gasteiger partial charge in [0.15, 0.2) is 11.5 Å². The highest BCUT2D eigenvalue weighted by atomic mass is 19.1. The normalized spacial score (nSPS) is 18.9. The molecule has 1 atom stereocenters. The number of benzene rings is 2. The van der Waals surface area contributed by atoms with Gasteiger partial charge >= 0.3 is 0 Å². The smallest absolute Gasteiger partial charge is 0.267 e. The molecule has 27 heavy (non-hydrogen) atoms. The molecule has 0 spiro atoms. The van der Waals surface area contributed by atoms with Gasteiger partial charge in [0.2, 0.25) is 6.10 Å². The van der Waals surface area contributed by atoms with Gasteiger partial charge in [0.05, 0.1) is 5.56 Å². The van der Waals surface area contributed by atoms with Crippen molar-refractivity contribution in [2.24, 2.45) is 0 Å². The number of nitrogens with zero attached hydrogens (tertiary/aromatic N) is 2. The minimum atomic E-state index is -0.700. The predicted molar refractivity (Wildman–Crippen MR) is 95.2 cm³/mol. The maximum Gasteiger partial charge on any atom is 0.267 e. The van der Waals surface area contributed by atoms with E-state index in [1.54, 1.807) is 34.1 Å². The van der Waals surface area contributed by atoms with Crippen molar-refractivity contribution in [3.63, 3.8) is 0 Å². The van der Waals surface area contributed by atoms with Crippen LogP contribution in [0.4, 0.5) is 4.39 Å². The van der Waals surface area contributed by atoms with Gasteiger partial charge in [0.1, 0.15) is 12.4 Å². The third-order valence-electron chi connectivity index (χ3n) is 4.77. The van der Waals surface area contributed by atoms with E-state index in [2.05, 4.69) is 0 Å². The van der Waals surface area contributed by atoms with Crippen molar-refractivity contribution in [2.75, 3.05) is 32.8 Å². The number of amides is 2. The van der Waals surface area contributed by atoms with Crippen LogP contribution in [0.25, 0.3) is 0 Å². The number of piperazine rings is 1. The van der Waals surface area contributed by atoms with E-state index < -0.39 is 11.9 Å². The van der Waals surface area contributed by atoms with E-state index in [-0.39, 0.29) is 24.0 Å². The molecule has 0 radical (unpaired) electrons. The molecular formula is C20H19FN2O4. The van der Waals surface area contributed by atoms with Crippen molar-refractivity contribution in [1.82, 2.24) is 9.80 Å². The Labute approximate surface area is 156 Å². The molecule has 0 N–H and O–H groups in total. The maximum absolute atomic E-state index is 13.8. The second-order valence-corrected chi connectivity index (χ2v) is 6.46. The summed E-state index contributed by atoms with van der Waals surface area (Å²) in [5.41, 5.74) is 0.0536. The lowest BCUT2D eigenvalue weighted by Crippen LogP contribution is -2.55. The molecule has 2 aromatic carbocycles. The van der Waals surface area contributed by atoms with Crippen LogP contribution in [0.15, 0.2) is 48.5 Å². The van der Waals surface area contributed by atoms with E-state index in [4.69, 9.17) is 9.47 Å². The number of fused-ring (bicyclic) bond motifs is 1. The number of carbonyl (C=O) groups excluding carboxylic acids is 2. The first-order chi connectivity index (χ1) is 13.1. The predicted octanol–water partition coefficient (Wildman–Crippen LogP) is 1.95.